The van der Waals surface area contributed by atoms with Gasteiger partial charge in [-0.3, -0.25) is 0 Å². The van der Waals surface area contributed by atoms with Gasteiger partial charge in [0, 0.05) is 25.3 Å². The third-order valence-corrected chi connectivity index (χ3v) is 4.57. The fourth-order valence-corrected chi connectivity index (χ4v) is 3.34. The number of benzene rings is 1. The number of fused-ring (bicyclic) bond motifs is 1. The van der Waals surface area contributed by atoms with Gasteiger partial charge in [-0.2, -0.15) is 0 Å². The van der Waals surface area contributed by atoms with Gasteiger partial charge in [0.1, 0.15) is 5.75 Å². The van der Waals surface area contributed by atoms with E-state index in [4.69, 9.17) is 4.74 Å². The summed E-state index contributed by atoms with van der Waals surface area (Å²) in [6.07, 6.45) is 7.33. The molecule has 1 heterocycles. The summed E-state index contributed by atoms with van der Waals surface area (Å²) >= 11 is 0. The fraction of sp³-hybridized carbons (Fsp3) is 0.526. The van der Waals surface area contributed by atoms with E-state index in [1.54, 1.807) is 7.11 Å². The van der Waals surface area contributed by atoms with Crippen LogP contribution in [-0.4, -0.2) is 22.7 Å². The molecule has 4 heteroatoms. The van der Waals surface area contributed by atoms with E-state index in [-0.39, 0.29) is 0 Å². The lowest BCUT2D eigenvalue weighted by Gasteiger charge is -2.26. The van der Waals surface area contributed by atoms with Crippen molar-refractivity contribution < 1.29 is 4.74 Å². The minimum absolute atomic E-state index is 0.525. The third-order valence-electron chi connectivity index (χ3n) is 4.57. The summed E-state index contributed by atoms with van der Waals surface area (Å²) in [7, 11) is 1.73. The van der Waals surface area contributed by atoms with Gasteiger partial charge in [0.05, 0.1) is 19.1 Å². The van der Waals surface area contributed by atoms with Crippen LogP contribution < -0.4 is 10.1 Å². The molecule has 0 fully saturated rings. The number of methoxy groups -OCH3 is 1. The van der Waals surface area contributed by atoms with Crippen LogP contribution in [0.25, 0.3) is 0 Å². The van der Waals surface area contributed by atoms with Crippen molar-refractivity contribution in [3.05, 3.63) is 47.5 Å². The number of ether oxygens (including phenoxy) is 1. The second-order valence-electron chi connectivity index (χ2n) is 6.89. The second kappa shape index (κ2) is 7.18. The molecule has 0 bridgehead atoms. The van der Waals surface area contributed by atoms with Gasteiger partial charge in [0.2, 0.25) is 0 Å². The summed E-state index contributed by atoms with van der Waals surface area (Å²) in [5.41, 5.74) is 4.16. The van der Waals surface area contributed by atoms with Crippen LogP contribution in [0, 0.1) is 5.92 Å². The van der Waals surface area contributed by atoms with Crippen molar-refractivity contribution in [2.24, 2.45) is 5.92 Å². The molecule has 1 atom stereocenters. The Labute approximate surface area is 138 Å². The van der Waals surface area contributed by atoms with Crippen LogP contribution >= 0.6 is 0 Å². The van der Waals surface area contributed by atoms with E-state index in [2.05, 4.69) is 46.9 Å². The largest absolute Gasteiger partial charge is 0.497 e. The Bertz CT molecular complexity index is 648. The molecule has 0 radical (unpaired) electrons. The number of nitrogens with one attached hydrogen (secondary N) is 1. The van der Waals surface area contributed by atoms with Gasteiger partial charge in [0.15, 0.2) is 0 Å². The topological polar surface area (TPSA) is 39.1 Å². The minimum atomic E-state index is 0.525. The maximum Gasteiger partial charge on any atom is 0.119 e. The molecule has 1 N–H and O–H groups in total. The summed E-state index contributed by atoms with van der Waals surface area (Å²) in [4.78, 5) is 4.30. The molecule has 0 unspecified atom stereocenters. The van der Waals surface area contributed by atoms with Gasteiger partial charge < -0.3 is 14.6 Å². The second-order valence-corrected chi connectivity index (χ2v) is 6.89. The highest BCUT2D eigenvalue weighted by Gasteiger charge is 2.19. The van der Waals surface area contributed by atoms with Crippen LogP contribution in [0.1, 0.15) is 37.1 Å². The molecule has 0 saturated carbocycles. The standard InChI is InChI=1S/C19H27N3O/c1-14(2)12-22-13-20-10-18(22)11-21-17-6-4-15-5-7-19(23-3)9-16(15)8-17/h5,7,9-10,13-14,17,21H,4,6,8,11-12H2,1-3H3/t17-/m1/s1. The molecule has 1 aromatic heterocycles. The molecule has 124 valence electrons. The lowest BCUT2D eigenvalue weighted by Crippen LogP contribution is -2.34. The smallest absolute Gasteiger partial charge is 0.119 e. The average Bonchev–Trinajstić information content (AvgIpc) is 2.98. The molecule has 0 saturated heterocycles. The van der Waals surface area contributed by atoms with E-state index in [0.717, 1.165) is 31.7 Å². The Morgan fingerprint density at radius 3 is 3.00 bits per heavy atom. The van der Waals surface area contributed by atoms with Crippen molar-refractivity contribution in [1.82, 2.24) is 14.9 Å². The zero-order chi connectivity index (χ0) is 16.2. The lowest BCUT2D eigenvalue weighted by molar-refractivity contribution is 0.410. The van der Waals surface area contributed by atoms with Crippen molar-refractivity contribution in [2.75, 3.05) is 7.11 Å². The molecule has 1 aromatic carbocycles. The van der Waals surface area contributed by atoms with Gasteiger partial charge in [0.25, 0.3) is 0 Å². The van der Waals surface area contributed by atoms with Gasteiger partial charge in [-0.25, -0.2) is 4.98 Å². The number of nitrogens with zero attached hydrogens (tertiary/aromatic N) is 2. The number of aromatic nitrogens is 2. The van der Waals surface area contributed by atoms with E-state index < -0.39 is 0 Å². The molecule has 2 aromatic rings. The lowest BCUT2D eigenvalue weighted by atomic mass is 9.88. The van der Waals surface area contributed by atoms with Crippen LogP contribution in [0.3, 0.4) is 0 Å². The van der Waals surface area contributed by atoms with Crippen LogP contribution in [0.5, 0.6) is 5.75 Å². The summed E-state index contributed by atoms with van der Waals surface area (Å²) in [6.45, 7) is 6.39. The normalized spacial score (nSPS) is 17.3. The minimum Gasteiger partial charge on any atom is -0.497 e. The number of imidazole rings is 1. The highest BCUT2D eigenvalue weighted by atomic mass is 16.5. The van der Waals surface area contributed by atoms with E-state index in [1.807, 2.05) is 12.5 Å². The Morgan fingerprint density at radius 1 is 1.35 bits per heavy atom. The summed E-state index contributed by atoms with van der Waals surface area (Å²) in [5.74, 6) is 1.59. The molecule has 0 amide bonds. The van der Waals surface area contributed by atoms with Crippen molar-refractivity contribution in [1.29, 1.82) is 0 Å². The van der Waals surface area contributed by atoms with Crippen molar-refractivity contribution in [2.45, 2.75) is 52.2 Å². The van der Waals surface area contributed by atoms with Crippen LogP contribution in [0.2, 0.25) is 0 Å². The molecule has 0 spiro atoms. The molecular weight excluding hydrogens is 286 g/mol. The first kappa shape index (κ1) is 16.1. The zero-order valence-corrected chi connectivity index (χ0v) is 14.4. The number of hydrogen-bond acceptors (Lipinski definition) is 3. The number of aryl methyl sites for hydroxylation is 1. The Balaban J connectivity index is 1.60. The first-order chi connectivity index (χ1) is 11.2. The molecule has 0 aliphatic heterocycles. The Hall–Kier alpha value is -1.81. The molecule has 1 aliphatic carbocycles. The summed E-state index contributed by atoms with van der Waals surface area (Å²) < 4.78 is 7.62. The van der Waals surface area contributed by atoms with Gasteiger partial charge in [-0.15, -0.1) is 0 Å². The molecule has 3 rings (SSSR count). The highest BCUT2D eigenvalue weighted by Crippen LogP contribution is 2.25. The van der Waals surface area contributed by atoms with Crippen LogP contribution in [-0.2, 0) is 25.9 Å². The number of rotatable bonds is 6. The van der Waals surface area contributed by atoms with E-state index in [9.17, 15) is 0 Å². The molecule has 1 aliphatic rings. The molecule has 4 nitrogen and oxygen atoms in total. The molecular formula is C19H27N3O. The van der Waals surface area contributed by atoms with Gasteiger partial charge >= 0.3 is 0 Å². The fourth-order valence-electron chi connectivity index (χ4n) is 3.34. The van der Waals surface area contributed by atoms with Crippen molar-refractivity contribution in [3.8, 4) is 5.75 Å². The Kier molecular flexibility index (Phi) is 5.01. The highest BCUT2D eigenvalue weighted by molar-refractivity contribution is 5.37. The quantitative estimate of drug-likeness (QED) is 0.890. The zero-order valence-electron chi connectivity index (χ0n) is 14.4. The van der Waals surface area contributed by atoms with Crippen LogP contribution in [0.15, 0.2) is 30.7 Å². The SMILES string of the molecule is COc1ccc2c(c1)C[C@H](NCc1cncn1CC(C)C)CC2. The van der Waals surface area contributed by atoms with Gasteiger partial charge in [-0.1, -0.05) is 19.9 Å². The van der Waals surface area contributed by atoms with Crippen molar-refractivity contribution >= 4 is 0 Å². The predicted octanol–water partition coefficient (Wildman–Crippen LogP) is 3.19. The maximum absolute atomic E-state index is 5.36. The predicted molar refractivity (Wildman–Crippen MR) is 92.7 cm³/mol. The van der Waals surface area contributed by atoms with E-state index in [1.165, 1.54) is 23.2 Å². The van der Waals surface area contributed by atoms with Crippen molar-refractivity contribution in [3.63, 3.8) is 0 Å². The summed E-state index contributed by atoms with van der Waals surface area (Å²) in [6, 6.07) is 6.99. The van der Waals surface area contributed by atoms with E-state index >= 15 is 0 Å². The molecule has 23 heavy (non-hydrogen) atoms. The number of hydrogen-bond donors (Lipinski definition) is 1. The van der Waals surface area contributed by atoms with Crippen LogP contribution in [0.4, 0.5) is 0 Å². The summed E-state index contributed by atoms with van der Waals surface area (Å²) in [5, 5.41) is 3.71. The first-order valence-electron chi connectivity index (χ1n) is 8.54. The van der Waals surface area contributed by atoms with E-state index in [0.29, 0.717) is 12.0 Å². The maximum atomic E-state index is 5.36. The third kappa shape index (κ3) is 3.94. The monoisotopic (exact) mass is 313 g/mol. The first-order valence-corrected chi connectivity index (χ1v) is 8.54. The average molecular weight is 313 g/mol. The van der Waals surface area contributed by atoms with Gasteiger partial charge in [-0.05, 0) is 48.4 Å². The Morgan fingerprint density at radius 2 is 2.22 bits per heavy atom.